The quantitative estimate of drug-likeness (QED) is 0.817. The van der Waals surface area contributed by atoms with E-state index in [1.54, 1.807) is 30.3 Å². The van der Waals surface area contributed by atoms with Crippen LogP contribution in [0.5, 0.6) is 0 Å². The van der Waals surface area contributed by atoms with Crippen LogP contribution >= 0.6 is 11.6 Å². The molecule has 0 saturated carbocycles. The lowest BCUT2D eigenvalue weighted by Crippen LogP contribution is -2.29. The Morgan fingerprint density at radius 2 is 1.76 bits per heavy atom. The zero-order valence-electron chi connectivity index (χ0n) is 8.98. The summed E-state index contributed by atoms with van der Waals surface area (Å²) in [6.07, 6.45) is 0. The fraction of sp³-hybridized carbons (Fsp3) is 0. The second-order valence-electron chi connectivity index (χ2n) is 3.46. The number of rotatable bonds is 3. The SMILES string of the molecule is O=C(NNc1cccc(Cl)c1)c1ccccc1. The molecule has 0 unspecified atom stereocenters. The molecule has 0 fully saturated rings. The van der Waals surface area contributed by atoms with Gasteiger partial charge in [0.1, 0.15) is 0 Å². The Balaban J connectivity index is 1.97. The van der Waals surface area contributed by atoms with Crippen molar-refractivity contribution in [2.45, 2.75) is 0 Å². The first kappa shape index (κ1) is 11.5. The minimum Gasteiger partial charge on any atom is -0.298 e. The van der Waals surface area contributed by atoms with E-state index in [9.17, 15) is 4.79 Å². The fourth-order valence-electron chi connectivity index (χ4n) is 1.36. The van der Waals surface area contributed by atoms with Gasteiger partial charge in [-0.05, 0) is 30.3 Å². The van der Waals surface area contributed by atoms with E-state index in [1.165, 1.54) is 0 Å². The van der Waals surface area contributed by atoms with Crippen LogP contribution in [0.1, 0.15) is 10.4 Å². The number of nitrogens with one attached hydrogen (secondary N) is 2. The van der Waals surface area contributed by atoms with Crippen molar-refractivity contribution in [2.75, 3.05) is 5.43 Å². The molecule has 1 amide bonds. The number of benzene rings is 2. The molecule has 4 heteroatoms. The summed E-state index contributed by atoms with van der Waals surface area (Å²) in [7, 11) is 0. The second-order valence-corrected chi connectivity index (χ2v) is 3.89. The molecule has 0 radical (unpaired) electrons. The molecule has 2 N–H and O–H groups in total. The van der Waals surface area contributed by atoms with Crippen LogP contribution < -0.4 is 10.9 Å². The van der Waals surface area contributed by atoms with E-state index in [0.29, 0.717) is 10.6 Å². The third kappa shape index (κ3) is 3.23. The number of carbonyl (C=O) groups is 1. The van der Waals surface area contributed by atoms with Gasteiger partial charge in [-0.1, -0.05) is 35.9 Å². The largest absolute Gasteiger partial charge is 0.298 e. The summed E-state index contributed by atoms with van der Waals surface area (Å²) in [5.41, 5.74) is 6.73. The highest BCUT2D eigenvalue weighted by Crippen LogP contribution is 2.13. The van der Waals surface area contributed by atoms with E-state index in [-0.39, 0.29) is 5.91 Å². The molecular formula is C13H11ClN2O. The van der Waals surface area contributed by atoms with Crippen molar-refractivity contribution >= 4 is 23.2 Å². The molecule has 2 aromatic carbocycles. The fourth-order valence-corrected chi connectivity index (χ4v) is 1.55. The molecule has 0 bridgehead atoms. The summed E-state index contributed by atoms with van der Waals surface area (Å²) in [6, 6.07) is 16.1. The monoisotopic (exact) mass is 246 g/mol. The molecule has 0 aliphatic carbocycles. The zero-order chi connectivity index (χ0) is 12.1. The number of carbonyl (C=O) groups excluding carboxylic acids is 1. The standard InChI is InChI=1S/C13H11ClN2O/c14-11-7-4-8-12(9-11)15-16-13(17)10-5-2-1-3-6-10/h1-9,15H,(H,16,17). The lowest BCUT2D eigenvalue weighted by Gasteiger charge is -2.08. The smallest absolute Gasteiger partial charge is 0.269 e. The average molecular weight is 247 g/mol. The normalized spacial score (nSPS) is 9.71. The maximum absolute atomic E-state index is 11.7. The van der Waals surface area contributed by atoms with Crippen LogP contribution in [-0.4, -0.2) is 5.91 Å². The lowest BCUT2D eigenvalue weighted by atomic mass is 10.2. The van der Waals surface area contributed by atoms with E-state index in [0.717, 1.165) is 5.69 Å². The van der Waals surface area contributed by atoms with Crippen molar-refractivity contribution in [1.82, 2.24) is 5.43 Å². The first-order valence-electron chi connectivity index (χ1n) is 5.13. The Labute approximate surface area is 104 Å². The first-order valence-corrected chi connectivity index (χ1v) is 5.50. The van der Waals surface area contributed by atoms with Gasteiger partial charge < -0.3 is 0 Å². The van der Waals surface area contributed by atoms with Crippen molar-refractivity contribution in [1.29, 1.82) is 0 Å². The molecule has 3 nitrogen and oxygen atoms in total. The highest BCUT2D eigenvalue weighted by Gasteiger charge is 2.02. The van der Waals surface area contributed by atoms with E-state index in [4.69, 9.17) is 11.6 Å². The van der Waals surface area contributed by atoms with Crippen LogP contribution in [0, 0.1) is 0 Å². The molecule has 2 aromatic rings. The maximum Gasteiger partial charge on any atom is 0.269 e. The zero-order valence-corrected chi connectivity index (χ0v) is 9.74. The minimum absolute atomic E-state index is 0.189. The van der Waals surface area contributed by atoms with Crippen LogP contribution in [0.4, 0.5) is 5.69 Å². The van der Waals surface area contributed by atoms with Crippen LogP contribution in [0.25, 0.3) is 0 Å². The number of hydrogen-bond acceptors (Lipinski definition) is 2. The summed E-state index contributed by atoms with van der Waals surface area (Å²) in [5.74, 6) is -0.189. The molecule has 17 heavy (non-hydrogen) atoms. The number of halogens is 1. The van der Waals surface area contributed by atoms with Crippen molar-refractivity contribution in [2.24, 2.45) is 0 Å². The Bertz CT molecular complexity index is 514. The van der Waals surface area contributed by atoms with Gasteiger partial charge in [0.2, 0.25) is 0 Å². The first-order chi connectivity index (χ1) is 8.25. The van der Waals surface area contributed by atoms with Gasteiger partial charge in [0, 0.05) is 10.6 Å². The van der Waals surface area contributed by atoms with Crippen molar-refractivity contribution < 1.29 is 4.79 Å². The van der Waals surface area contributed by atoms with Gasteiger partial charge in [0.15, 0.2) is 0 Å². The summed E-state index contributed by atoms with van der Waals surface area (Å²) in [5, 5.41) is 0.615. The molecule has 0 aliphatic heterocycles. The third-order valence-corrected chi connectivity index (χ3v) is 2.42. The average Bonchev–Trinajstić information content (AvgIpc) is 2.37. The predicted molar refractivity (Wildman–Crippen MR) is 69.0 cm³/mol. The Hall–Kier alpha value is -2.00. The number of hydrogen-bond donors (Lipinski definition) is 2. The summed E-state index contributed by atoms with van der Waals surface area (Å²) in [4.78, 5) is 11.7. The van der Waals surface area contributed by atoms with Gasteiger partial charge in [0.05, 0.1) is 5.69 Å². The topological polar surface area (TPSA) is 41.1 Å². The van der Waals surface area contributed by atoms with Gasteiger partial charge in [-0.15, -0.1) is 0 Å². The molecule has 86 valence electrons. The van der Waals surface area contributed by atoms with Gasteiger partial charge >= 0.3 is 0 Å². The Morgan fingerprint density at radius 1 is 1.00 bits per heavy atom. The van der Waals surface area contributed by atoms with Gasteiger partial charge in [0.25, 0.3) is 5.91 Å². The molecule has 0 atom stereocenters. The van der Waals surface area contributed by atoms with Crippen molar-refractivity contribution in [3.05, 3.63) is 65.2 Å². The summed E-state index contributed by atoms with van der Waals surface area (Å²) >= 11 is 5.82. The van der Waals surface area contributed by atoms with E-state index >= 15 is 0 Å². The predicted octanol–water partition coefficient (Wildman–Crippen LogP) is 3.10. The number of amides is 1. The molecule has 0 spiro atoms. The second kappa shape index (κ2) is 5.37. The molecule has 0 saturated heterocycles. The van der Waals surface area contributed by atoms with Crippen LogP contribution in [0.15, 0.2) is 54.6 Å². The van der Waals surface area contributed by atoms with Gasteiger partial charge in [-0.25, -0.2) is 0 Å². The Morgan fingerprint density at radius 3 is 2.47 bits per heavy atom. The van der Waals surface area contributed by atoms with Gasteiger partial charge in [-0.2, -0.15) is 0 Å². The number of anilines is 1. The van der Waals surface area contributed by atoms with E-state index < -0.39 is 0 Å². The molecule has 0 aromatic heterocycles. The van der Waals surface area contributed by atoms with Crippen LogP contribution in [-0.2, 0) is 0 Å². The van der Waals surface area contributed by atoms with Crippen molar-refractivity contribution in [3.63, 3.8) is 0 Å². The lowest BCUT2D eigenvalue weighted by molar-refractivity contribution is 0.0962. The highest BCUT2D eigenvalue weighted by atomic mass is 35.5. The molecular weight excluding hydrogens is 236 g/mol. The van der Waals surface area contributed by atoms with E-state index in [2.05, 4.69) is 10.9 Å². The highest BCUT2D eigenvalue weighted by molar-refractivity contribution is 6.30. The summed E-state index contributed by atoms with van der Waals surface area (Å²) in [6.45, 7) is 0. The third-order valence-electron chi connectivity index (χ3n) is 2.18. The van der Waals surface area contributed by atoms with Gasteiger partial charge in [-0.3, -0.25) is 15.6 Å². The van der Waals surface area contributed by atoms with Crippen LogP contribution in [0.2, 0.25) is 5.02 Å². The maximum atomic E-state index is 11.7. The van der Waals surface area contributed by atoms with Crippen molar-refractivity contribution in [3.8, 4) is 0 Å². The minimum atomic E-state index is -0.189. The molecule has 2 rings (SSSR count). The van der Waals surface area contributed by atoms with E-state index in [1.807, 2.05) is 24.3 Å². The Kier molecular flexibility index (Phi) is 3.62. The number of hydrazine groups is 1. The van der Waals surface area contributed by atoms with Crippen LogP contribution in [0.3, 0.4) is 0 Å². The molecule has 0 aliphatic rings. The molecule has 0 heterocycles. The summed E-state index contributed by atoms with van der Waals surface area (Å²) < 4.78 is 0.